The van der Waals surface area contributed by atoms with Crippen molar-refractivity contribution in [1.82, 2.24) is 0 Å². The fourth-order valence-corrected chi connectivity index (χ4v) is 0.146. The molecule has 0 radical (unpaired) electrons. The van der Waals surface area contributed by atoms with E-state index >= 15 is 0 Å². The van der Waals surface area contributed by atoms with Gasteiger partial charge in [-0.25, -0.2) is 0 Å². The minimum atomic E-state index is -0.272. The molecule has 0 aliphatic carbocycles. The fraction of sp³-hybridized carbons (Fsp3) is 1.00. The second-order valence-electron chi connectivity index (χ2n) is 1.66. The number of aliphatic hydroxyl groups is 2. The third kappa shape index (κ3) is 15.8. The van der Waals surface area contributed by atoms with Crippen LogP contribution in [0, 0.1) is 0 Å². The molecule has 0 aliphatic heterocycles. The Hall–Kier alpha value is 0.500. The van der Waals surface area contributed by atoms with E-state index in [0.29, 0.717) is 12.5 Å². The monoisotopic (exact) mass is 188 g/mol. The van der Waals surface area contributed by atoms with Crippen LogP contribution in [0.2, 0.25) is 0 Å². The molecule has 0 aliphatic rings. The first-order valence-corrected chi connectivity index (χ1v) is 4.11. The Morgan fingerprint density at radius 3 is 1.80 bits per heavy atom. The Balaban J connectivity index is 0. The number of hydrogen-bond acceptors (Lipinski definition) is 2. The predicted octanol–water partition coefficient (Wildman–Crippen LogP) is 1.21. The maximum atomic E-state index is 8.12. The van der Waals surface area contributed by atoms with Gasteiger partial charge in [-0.2, -0.15) is 0 Å². The number of halogens is 2. The third-order valence-electron chi connectivity index (χ3n) is 0.589. The predicted molar refractivity (Wildman–Crippen MR) is 44.8 cm³/mol. The highest BCUT2D eigenvalue weighted by Crippen LogP contribution is 1.94. The number of hydrogen-bond donors (Lipinski definition) is 2. The summed E-state index contributed by atoms with van der Waals surface area (Å²) in [6, 6.07) is 0. The molecule has 2 nitrogen and oxygen atoms in total. The third-order valence-corrected chi connectivity index (χ3v) is 1.41. The van der Waals surface area contributed by atoms with Crippen molar-refractivity contribution in [3.63, 3.8) is 0 Å². The molecule has 64 valence electrons. The lowest BCUT2D eigenvalue weighted by atomic mass is 10.5. The Bertz CT molecular complexity index is 47.0. The van der Waals surface area contributed by atoms with E-state index in [1.54, 1.807) is 0 Å². The average molecular weight is 189 g/mol. The molecule has 10 heavy (non-hydrogen) atoms. The summed E-state index contributed by atoms with van der Waals surface area (Å²) in [5.74, 6) is 0.318. The van der Waals surface area contributed by atoms with Crippen molar-refractivity contribution in [1.29, 1.82) is 0 Å². The van der Waals surface area contributed by atoms with Gasteiger partial charge in [0.05, 0.1) is 12.0 Å². The van der Waals surface area contributed by atoms with Gasteiger partial charge in [-0.1, -0.05) is 6.92 Å². The largest absolute Gasteiger partial charge is 0.396 e. The zero-order valence-corrected chi connectivity index (χ0v) is 7.57. The molecule has 2 N–H and O–H groups in total. The van der Waals surface area contributed by atoms with Crippen LogP contribution < -0.4 is 0 Å². The molecule has 0 fully saturated rings. The summed E-state index contributed by atoms with van der Waals surface area (Å²) < 4.78 is 0. The summed E-state index contributed by atoms with van der Waals surface area (Å²) in [7, 11) is 0. The van der Waals surface area contributed by atoms with Gasteiger partial charge < -0.3 is 10.2 Å². The van der Waals surface area contributed by atoms with Gasteiger partial charge in [0.2, 0.25) is 0 Å². The summed E-state index contributed by atoms with van der Waals surface area (Å²) in [5.41, 5.74) is 0. The van der Waals surface area contributed by atoms with Crippen molar-refractivity contribution in [2.24, 2.45) is 0 Å². The van der Waals surface area contributed by atoms with Gasteiger partial charge in [0.25, 0.3) is 0 Å². The molecule has 0 aromatic rings. The molecule has 0 spiro atoms. The van der Waals surface area contributed by atoms with Crippen molar-refractivity contribution in [3.05, 3.63) is 0 Å². The van der Waals surface area contributed by atoms with Crippen molar-refractivity contribution in [2.45, 2.75) is 18.7 Å². The minimum Gasteiger partial charge on any atom is -0.396 e. The first-order valence-electron chi connectivity index (χ1n) is 3.14. The van der Waals surface area contributed by atoms with Crippen LogP contribution in [0.4, 0.5) is 0 Å². The molecule has 0 amide bonds. The van der Waals surface area contributed by atoms with Crippen LogP contribution in [0.15, 0.2) is 0 Å². The highest BCUT2D eigenvalue weighted by atomic mass is 35.5. The molecule has 1 unspecified atom stereocenters. The van der Waals surface area contributed by atoms with E-state index in [1.807, 2.05) is 6.92 Å². The van der Waals surface area contributed by atoms with Gasteiger partial charge in [-0.05, 0) is 6.42 Å². The average Bonchev–Trinajstić information content (AvgIpc) is 2.03. The minimum absolute atomic E-state index is 0.0367. The second kappa shape index (κ2) is 12.2. The summed E-state index contributed by atoms with van der Waals surface area (Å²) in [4.78, 5) is 0. The van der Waals surface area contributed by atoms with E-state index in [4.69, 9.17) is 33.4 Å². The second-order valence-corrected chi connectivity index (χ2v) is 2.58. The van der Waals surface area contributed by atoms with Crippen molar-refractivity contribution < 1.29 is 10.2 Å². The summed E-state index contributed by atoms with van der Waals surface area (Å²) in [6.45, 7) is 2.21. The van der Waals surface area contributed by atoms with Gasteiger partial charge in [0, 0.05) is 12.5 Å². The lowest BCUT2D eigenvalue weighted by Gasteiger charge is -1.93. The van der Waals surface area contributed by atoms with E-state index in [1.165, 1.54) is 0 Å². The number of rotatable bonds is 3. The molecule has 0 bridgehead atoms. The van der Waals surface area contributed by atoms with Crippen LogP contribution in [0.5, 0.6) is 0 Å². The summed E-state index contributed by atoms with van der Waals surface area (Å²) >= 11 is 10.4. The van der Waals surface area contributed by atoms with Crippen molar-refractivity contribution in [2.75, 3.05) is 19.1 Å². The quantitative estimate of drug-likeness (QED) is 0.655. The van der Waals surface area contributed by atoms with E-state index in [0.717, 1.165) is 6.42 Å². The molecule has 0 aromatic heterocycles. The van der Waals surface area contributed by atoms with Crippen molar-refractivity contribution in [3.8, 4) is 0 Å². The lowest BCUT2D eigenvalue weighted by Crippen LogP contribution is -2.04. The van der Waals surface area contributed by atoms with Crippen LogP contribution in [-0.4, -0.2) is 34.7 Å². The standard InChI is InChI=1S/C3H6Cl2O.C3H8O/c4-1-3(5)2-6;1-2-3-4/h3,6H,1-2H2;4H,2-3H2,1H3. The first kappa shape index (κ1) is 13.1. The van der Waals surface area contributed by atoms with Crippen LogP contribution in [-0.2, 0) is 0 Å². The molecule has 1 atom stereocenters. The Morgan fingerprint density at radius 1 is 1.40 bits per heavy atom. The molecule has 0 rings (SSSR count). The molecule has 4 heteroatoms. The van der Waals surface area contributed by atoms with Crippen molar-refractivity contribution >= 4 is 23.2 Å². The molecule has 0 saturated carbocycles. The lowest BCUT2D eigenvalue weighted by molar-refractivity contribution is 0.295. The van der Waals surface area contributed by atoms with Crippen LogP contribution in [0.3, 0.4) is 0 Å². The first-order chi connectivity index (χ1) is 4.72. The Kier molecular flexibility index (Phi) is 16.0. The summed E-state index contributed by atoms with van der Waals surface area (Å²) in [6.07, 6.45) is 0.875. The van der Waals surface area contributed by atoms with Gasteiger partial charge in [0.15, 0.2) is 0 Å². The highest BCUT2D eigenvalue weighted by molar-refractivity contribution is 6.28. The molecular formula is C6H14Cl2O2. The Labute approximate surface area is 71.8 Å². The highest BCUT2D eigenvalue weighted by Gasteiger charge is 1.95. The van der Waals surface area contributed by atoms with Gasteiger partial charge >= 0.3 is 0 Å². The smallest absolute Gasteiger partial charge is 0.0702 e. The Morgan fingerprint density at radius 2 is 1.80 bits per heavy atom. The zero-order valence-electron chi connectivity index (χ0n) is 6.06. The van der Waals surface area contributed by atoms with Crippen LogP contribution >= 0.6 is 23.2 Å². The van der Waals surface area contributed by atoms with Crippen LogP contribution in [0.25, 0.3) is 0 Å². The number of alkyl halides is 2. The fourth-order valence-electron chi connectivity index (χ4n) is 0.0488. The molecular weight excluding hydrogens is 175 g/mol. The zero-order chi connectivity index (χ0) is 8.41. The molecule has 0 heterocycles. The van der Waals surface area contributed by atoms with Crippen LogP contribution in [0.1, 0.15) is 13.3 Å². The van der Waals surface area contributed by atoms with Gasteiger partial charge in [-0.15, -0.1) is 23.2 Å². The topological polar surface area (TPSA) is 40.5 Å². The van der Waals surface area contributed by atoms with E-state index < -0.39 is 0 Å². The van der Waals surface area contributed by atoms with Gasteiger partial charge in [-0.3, -0.25) is 0 Å². The maximum absolute atomic E-state index is 8.12. The normalized spacial score (nSPS) is 11.7. The van der Waals surface area contributed by atoms with E-state index in [9.17, 15) is 0 Å². The van der Waals surface area contributed by atoms with E-state index in [2.05, 4.69) is 0 Å². The van der Waals surface area contributed by atoms with E-state index in [-0.39, 0.29) is 12.0 Å². The summed E-state index contributed by atoms with van der Waals surface area (Å²) in [5, 5.41) is 15.7. The van der Waals surface area contributed by atoms with Gasteiger partial charge in [0.1, 0.15) is 0 Å². The maximum Gasteiger partial charge on any atom is 0.0702 e. The molecule has 0 saturated heterocycles. The molecule has 0 aromatic carbocycles. The SMILES string of the molecule is CCCO.OCC(Cl)CCl. The number of aliphatic hydroxyl groups excluding tert-OH is 2.